The molecule has 2 heteroatoms. The highest BCUT2D eigenvalue weighted by molar-refractivity contribution is 7.64. The SMILES string of the molecule is C[C@H](C1=C(P(C2C=CC=C2)C2CCCCC2)C=CC1)N(C)C. The highest BCUT2D eigenvalue weighted by Crippen LogP contribution is 2.62. The predicted molar refractivity (Wildman–Crippen MR) is 99.8 cm³/mol. The average molecular weight is 315 g/mol. The van der Waals surface area contributed by atoms with Gasteiger partial charge in [-0.25, -0.2) is 0 Å². The van der Waals surface area contributed by atoms with Gasteiger partial charge in [-0.1, -0.05) is 63.6 Å². The lowest BCUT2D eigenvalue weighted by Gasteiger charge is -2.36. The van der Waals surface area contributed by atoms with Crippen molar-refractivity contribution in [2.75, 3.05) is 14.1 Å². The van der Waals surface area contributed by atoms with Gasteiger partial charge >= 0.3 is 0 Å². The fourth-order valence-corrected chi connectivity index (χ4v) is 7.60. The van der Waals surface area contributed by atoms with Crippen LogP contribution in [-0.2, 0) is 0 Å². The third-order valence-corrected chi connectivity index (χ3v) is 8.80. The zero-order chi connectivity index (χ0) is 15.5. The Balaban J connectivity index is 1.93. The molecule has 1 saturated carbocycles. The summed E-state index contributed by atoms with van der Waals surface area (Å²) in [4.78, 5) is 2.37. The lowest BCUT2D eigenvalue weighted by atomic mass is 10.0. The summed E-state index contributed by atoms with van der Waals surface area (Å²) in [5, 5.41) is 1.73. The van der Waals surface area contributed by atoms with E-state index in [1.807, 2.05) is 0 Å². The summed E-state index contributed by atoms with van der Waals surface area (Å²) >= 11 is 0. The van der Waals surface area contributed by atoms with Crippen molar-refractivity contribution in [2.45, 2.75) is 62.8 Å². The summed E-state index contributed by atoms with van der Waals surface area (Å²) < 4.78 is 0. The predicted octanol–water partition coefficient (Wildman–Crippen LogP) is 5.46. The number of likely N-dealkylation sites (N-methyl/N-ethyl adjacent to an activating group) is 1. The van der Waals surface area contributed by atoms with E-state index < -0.39 is 0 Å². The number of nitrogens with zero attached hydrogens (tertiary/aromatic N) is 1. The van der Waals surface area contributed by atoms with Gasteiger partial charge in [0.05, 0.1) is 0 Å². The summed E-state index contributed by atoms with van der Waals surface area (Å²) in [7, 11) is 4.34. The summed E-state index contributed by atoms with van der Waals surface area (Å²) in [6, 6.07) is 0.563. The summed E-state index contributed by atoms with van der Waals surface area (Å²) in [5.41, 5.74) is 3.30. The quantitative estimate of drug-likeness (QED) is 0.609. The molecule has 3 rings (SSSR count). The van der Waals surface area contributed by atoms with Crippen LogP contribution in [0.15, 0.2) is 47.3 Å². The van der Waals surface area contributed by atoms with Gasteiger partial charge < -0.3 is 4.90 Å². The first kappa shape index (κ1) is 16.2. The topological polar surface area (TPSA) is 3.24 Å². The maximum Gasteiger partial charge on any atom is 0.0285 e. The Bertz CT molecular complexity index is 494. The Hall–Kier alpha value is -0.650. The minimum Gasteiger partial charge on any atom is -0.303 e. The largest absolute Gasteiger partial charge is 0.303 e. The zero-order valence-electron chi connectivity index (χ0n) is 14.3. The van der Waals surface area contributed by atoms with Crippen LogP contribution in [0.5, 0.6) is 0 Å². The normalized spacial score (nSPS) is 25.6. The molecule has 0 spiro atoms. The second kappa shape index (κ2) is 7.28. The number of hydrogen-bond donors (Lipinski definition) is 0. The van der Waals surface area contributed by atoms with Crippen molar-refractivity contribution in [3.63, 3.8) is 0 Å². The van der Waals surface area contributed by atoms with E-state index in [0.29, 0.717) is 11.7 Å². The Kier molecular flexibility index (Phi) is 5.37. The summed E-state index contributed by atoms with van der Waals surface area (Å²) in [6.07, 6.45) is 22.7. The molecule has 0 N–H and O–H groups in total. The molecular weight excluding hydrogens is 285 g/mol. The molecule has 1 nitrogen and oxygen atoms in total. The molecule has 0 amide bonds. The molecule has 0 aromatic rings. The second-order valence-electron chi connectivity index (χ2n) is 7.12. The lowest BCUT2D eigenvalue weighted by Crippen LogP contribution is -2.27. The van der Waals surface area contributed by atoms with E-state index in [4.69, 9.17) is 0 Å². The first-order valence-electron chi connectivity index (χ1n) is 8.88. The summed E-state index contributed by atoms with van der Waals surface area (Å²) in [6.45, 7) is 2.37. The summed E-state index contributed by atoms with van der Waals surface area (Å²) in [5.74, 6) is 0. The highest BCUT2D eigenvalue weighted by Gasteiger charge is 2.33. The van der Waals surface area contributed by atoms with Crippen LogP contribution in [0.25, 0.3) is 0 Å². The maximum absolute atomic E-state index is 2.48. The van der Waals surface area contributed by atoms with Gasteiger partial charge in [0.15, 0.2) is 0 Å². The van der Waals surface area contributed by atoms with Gasteiger partial charge in [-0.05, 0) is 56.8 Å². The highest BCUT2D eigenvalue weighted by atomic mass is 31.1. The third kappa shape index (κ3) is 3.31. The fraction of sp³-hybridized carbons (Fsp3) is 0.600. The van der Waals surface area contributed by atoms with Crippen LogP contribution in [0.4, 0.5) is 0 Å². The molecule has 0 aromatic carbocycles. The van der Waals surface area contributed by atoms with Crippen LogP contribution in [0.3, 0.4) is 0 Å². The lowest BCUT2D eigenvalue weighted by molar-refractivity contribution is 0.348. The van der Waals surface area contributed by atoms with Crippen LogP contribution < -0.4 is 0 Å². The number of hydrogen-bond acceptors (Lipinski definition) is 1. The van der Waals surface area contributed by atoms with E-state index in [1.54, 1.807) is 10.9 Å². The standard InChI is InChI=1S/C20H30NP/c1-16(21(2)3)19-14-9-15-20(19)22(18-12-7-8-13-18)17-10-5-4-6-11-17/h7-9,12-13,15-18H,4-6,10-11,14H2,1-3H3/t16-,22?/m1/s1. The molecule has 0 saturated heterocycles. The molecule has 3 aliphatic carbocycles. The zero-order valence-corrected chi connectivity index (χ0v) is 15.2. The number of allylic oxidation sites excluding steroid dienone is 7. The first-order chi connectivity index (χ1) is 10.7. The van der Waals surface area contributed by atoms with E-state index in [0.717, 1.165) is 5.66 Å². The smallest absolute Gasteiger partial charge is 0.0285 e. The van der Waals surface area contributed by atoms with E-state index >= 15 is 0 Å². The third-order valence-electron chi connectivity index (χ3n) is 5.52. The van der Waals surface area contributed by atoms with Crippen LogP contribution >= 0.6 is 7.92 Å². The molecule has 2 atom stereocenters. The molecule has 0 aromatic heterocycles. The molecule has 0 heterocycles. The molecule has 3 aliphatic rings. The van der Waals surface area contributed by atoms with Crippen molar-refractivity contribution in [3.05, 3.63) is 47.3 Å². The van der Waals surface area contributed by atoms with Gasteiger partial charge in [0, 0.05) is 11.7 Å². The van der Waals surface area contributed by atoms with Gasteiger partial charge in [-0.3, -0.25) is 0 Å². The van der Waals surface area contributed by atoms with Gasteiger partial charge in [0.2, 0.25) is 0 Å². The maximum atomic E-state index is 2.48. The van der Waals surface area contributed by atoms with Crippen LogP contribution in [0, 0.1) is 0 Å². The van der Waals surface area contributed by atoms with Crippen molar-refractivity contribution in [2.24, 2.45) is 0 Å². The minimum absolute atomic E-state index is 0.0851. The first-order valence-corrected chi connectivity index (χ1v) is 10.4. The monoisotopic (exact) mass is 315 g/mol. The van der Waals surface area contributed by atoms with Crippen molar-refractivity contribution >= 4 is 7.92 Å². The van der Waals surface area contributed by atoms with E-state index in [1.165, 1.54) is 38.5 Å². The second-order valence-corrected chi connectivity index (χ2v) is 9.74. The van der Waals surface area contributed by atoms with Crippen molar-refractivity contribution in [3.8, 4) is 0 Å². The van der Waals surface area contributed by atoms with E-state index in [9.17, 15) is 0 Å². The average Bonchev–Trinajstić information content (AvgIpc) is 3.20. The van der Waals surface area contributed by atoms with Crippen LogP contribution in [-0.4, -0.2) is 36.4 Å². The van der Waals surface area contributed by atoms with Crippen LogP contribution in [0.1, 0.15) is 45.4 Å². The Labute approximate surface area is 137 Å². The fourth-order valence-electron chi connectivity index (χ4n) is 4.02. The molecule has 1 fully saturated rings. The molecule has 0 bridgehead atoms. The van der Waals surface area contributed by atoms with Crippen LogP contribution in [0.2, 0.25) is 0 Å². The van der Waals surface area contributed by atoms with Gasteiger partial charge in [-0.15, -0.1) is 0 Å². The van der Waals surface area contributed by atoms with Gasteiger partial charge in [0.1, 0.15) is 0 Å². The molecule has 1 unspecified atom stereocenters. The molecular formula is C20H30NP. The van der Waals surface area contributed by atoms with E-state index in [-0.39, 0.29) is 7.92 Å². The van der Waals surface area contributed by atoms with Gasteiger partial charge in [-0.2, -0.15) is 0 Å². The van der Waals surface area contributed by atoms with Crippen molar-refractivity contribution < 1.29 is 0 Å². The Morgan fingerprint density at radius 1 is 1.09 bits per heavy atom. The Morgan fingerprint density at radius 3 is 2.41 bits per heavy atom. The molecule has 120 valence electrons. The van der Waals surface area contributed by atoms with Gasteiger partial charge in [0.25, 0.3) is 0 Å². The number of rotatable bonds is 5. The molecule has 0 radical (unpaired) electrons. The molecule has 0 aliphatic heterocycles. The van der Waals surface area contributed by atoms with E-state index in [2.05, 4.69) is 62.4 Å². The minimum atomic E-state index is -0.0851. The van der Waals surface area contributed by atoms with Crippen molar-refractivity contribution in [1.29, 1.82) is 0 Å². The van der Waals surface area contributed by atoms with Crippen molar-refractivity contribution in [1.82, 2.24) is 4.90 Å². The molecule has 22 heavy (non-hydrogen) atoms. The Morgan fingerprint density at radius 2 is 1.77 bits per heavy atom.